The van der Waals surface area contributed by atoms with Gasteiger partial charge in [-0.2, -0.15) is 0 Å². The molecule has 0 spiro atoms. The van der Waals surface area contributed by atoms with Gasteiger partial charge in [0, 0.05) is 45.2 Å². The van der Waals surface area contributed by atoms with Gasteiger partial charge in [-0.25, -0.2) is 0 Å². The highest BCUT2D eigenvalue weighted by molar-refractivity contribution is 5.85. The van der Waals surface area contributed by atoms with Gasteiger partial charge in [-0.05, 0) is 6.07 Å². The van der Waals surface area contributed by atoms with E-state index in [0.29, 0.717) is 39.2 Å². The first-order valence-corrected chi connectivity index (χ1v) is 7.36. The first-order chi connectivity index (χ1) is 10.1. The summed E-state index contributed by atoms with van der Waals surface area (Å²) in [6.07, 6.45) is 1.14. The second kappa shape index (κ2) is 5.66. The largest absolute Gasteiger partial charge is 0.492 e. The molecule has 2 aliphatic rings. The van der Waals surface area contributed by atoms with Gasteiger partial charge in [-0.3, -0.25) is 4.79 Å². The molecule has 1 unspecified atom stereocenters. The zero-order valence-corrected chi connectivity index (χ0v) is 12.2. The second-order valence-electron chi connectivity index (χ2n) is 5.93. The van der Waals surface area contributed by atoms with Crippen LogP contribution in [0.4, 0.5) is 0 Å². The molecule has 2 aliphatic heterocycles. The van der Waals surface area contributed by atoms with E-state index in [4.69, 9.17) is 9.47 Å². The Kier molecular flexibility index (Phi) is 3.87. The number of nitrogens with zero attached hydrogens (tertiary/aromatic N) is 1. The number of hydrogen-bond donors (Lipinski definition) is 1. The van der Waals surface area contributed by atoms with Gasteiger partial charge in [-0.15, -0.1) is 0 Å². The second-order valence-corrected chi connectivity index (χ2v) is 5.93. The first-order valence-electron chi connectivity index (χ1n) is 7.36. The summed E-state index contributed by atoms with van der Waals surface area (Å²) in [7, 11) is 1.75. The van der Waals surface area contributed by atoms with Crippen molar-refractivity contribution in [2.24, 2.45) is 0 Å². The minimum absolute atomic E-state index is 0.000123. The Morgan fingerprint density at radius 1 is 1.38 bits per heavy atom. The number of hydrogen-bond acceptors (Lipinski definition) is 4. The predicted molar refractivity (Wildman–Crippen MR) is 77.3 cm³/mol. The van der Waals surface area contributed by atoms with Crippen molar-refractivity contribution in [3.63, 3.8) is 0 Å². The van der Waals surface area contributed by atoms with Gasteiger partial charge >= 0.3 is 0 Å². The van der Waals surface area contributed by atoms with Gasteiger partial charge in [-0.1, -0.05) is 18.2 Å². The number of para-hydroxylation sites is 1. The lowest BCUT2D eigenvalue weighted by Crippen LogP contribution is -2.48. The molecular formula is C16H21NO4. The quantitative estimate of drug-likeness (QED) is 0.908. The average Bonchev–Trinajstić information content (AvgIpc) is 2.90. The average molecular weight is 291 g/mol. The number of carbonyl (C=O) groups is 1. The molecule has 0 bridgehead atoms. The van der Waals surface area contributed by atoms with Gasteiger partial charge in [0.1, 0.15) is 18.3 Å². The lowest BCUT2D eigenvalue weighted by atomic mass is 9.93. The van der Waals surface area contributed by atoms with Gasteiger partial charge in [0.15, 0.2) is 0 Å². The van der Waals surface area contributed by atoms with Crippen molar-refractivity contribution in [1.29, 1.82) is 0 Å². The molecule has 0 radical (unpaired) electrons. The Morgan fingerprint density at radius 3 is 2.86 bits per heavy atom. The molecule has 0 saturated carbocycles. The van der Waals surface area contributed by atoms with E-state index in [1.807, 2.05) is 24.3 Å². The summed E-state index contributed by atoms with van der Waals surface area (Å²) in [6.45, 7) is 1.82. The van der Waals surface area contributed by atoms with Gasteiger partial charge in [0.2, 0.25) is 5.91 Å². The molecule has 1 aromatic rings. The van der Waals surface area contributed by atoms with E-state index < -0.39 is 5.60 Å². The smallest absolute Gasteiger partial charge is 0.233 e. The molecule has 1 N–H and O–H groups in total. The number of rotatable bonds is 3. The van der Waals surface area contributed by atoms with E-state index in [0.717, 1.165) is 11.3 Å². The Labute approximate surface area is 124 Å². The summed E-state index contributed by atoms with van der Waals surface area (Å²) in [5, 5.41) is 10.5. The third-order valence-electron chi connectivity index (χ3n) is 4.33. The highest BCUT2D eigenvalue weighted by atomic mass is 16.5. The summed E-state index contributed by atoms with van der Waals surface area (Å²) in [4.78, 5) is 14.3. The number of likely N-dealkylation sites (N-methyl/N-ethyl adjacent to an activating group) is 1. The molecule has 1 saturated heterocycles. The number of fused-ring (bicyclic) bond motifs is 1. The summed E-state index contributed by atoms with van der Waals surface area (Å²) < 4.78 is 10.8. The monoisotopic (exact) mass is 291 g/mol. The Balaban J connectivity index is 1.68. The van der Waals surface area contributed by atoms with E-state index in [1.165, 1.54) is 0 Å². The molecule has 5 nitrogen and oxygen atoms in total. The zero-order chi connectivity index (χ0) is 14.9. The van der Waals surface area contributed by atoms with Crippen LogP contribution in [-0.2, 0) is 9.53 Å². The highest BCUT2D eigenvalue weighted by Gasteiger charge is 2.36. The topological polar surface area (TPSA) is 59.0 Å². The zero-order valence-electron chi connectivity index (χ0n) is 12.2. The van der Waals surface area contributed by atoms with Crippen molar-refractivity contribution in [2.45, 2.75) is 24.4 Å². The lowest BCUT2D eigenvalue weighted by Gasteiger charge is -2.36. The minimum Gasteiger partial charge on any atom is -0.492 e. The molecular weight excluding hydrogens is 270 g/mol. The van der Waals surface area contributed by atoms with Crippen LogP contribution < -0.4 is 4.74 Å². The summed E-state index contributed by atoms with van der Waals surface area (Å²) >= 11 is 0. The molecule has 2 heterocycles. The molecule has 5 heteroatoms. The van der Waals surface area contributed by atoms with Crippen LogP contribution in [0.3, 0.4) is 0 Å². The number of amides is 1. The number of carbonyl (C=O) groups excluding carboxylic acids is 1. The standard InChI is InChI=1S/C16H21NO4/c1-17(11-16(19)6-8-20-9-7-16)15(18)13-10-21-14-5-3-2-4-12(13)14/h2-5,13,19H,6-11H2,1H3. The van der Waals surface area contributed by atoms with Gasteiger partial charge in [0.25, 0.3) is 0 Å². The van der Waals surface area contributed by atoms with Crippen LogP contribution in [0.5, 0.6) is 5.75 Å². The highest BCUT2D eigenvalue weighted by Crippen LogP contribution is 2.35. The fraction of sp³-hybridized carbons (Fsp3) is 0.562. The van der Waals surface area contributed by atoms with Crippen LogP contribution in [0.25, 0.3) is 0 Å². The van der Waals surface area contributed by atoms with Crippen LogP contribution in [0.1, 0.15) is 24.3 Å². The summed E-state index contributed by atoms with van der Waals surface area (Å²) in [6, 6.07) is 7.64. The van der Waals surface area contributed by atoms with Gasteiger partial charge in [0.05, 0.1) is 5.60 Å². The van der Waals surface area contributed by atoms with Crippen LogP contribution >= 0.6 is 0 Å². The van der Waals surface area contributed by atoms with Crippen LogP contribution in [0, 0.1) is 0 Å². The van der Waals surface area contributed by atoms with Crippen molar-refractivity contribution >= 4 is 5.91 Å². The fourth-order valence-corrected chi connectivity index (χ4v) is 3.06. The van der Waals surface area contributed by atoms with Crippen molar-refractivity contribution in [3.05, 3.63) is 29.8 Å². The van der Waals surface area contributed by atoms with Crippen molar-refractivity contribution in [1.82, 2.24) is 4.90 Å². The van der Waals surface area contributed by atoms with Crippen LogP contribution in [-0.4, -0.2) is 54.9 Å². The molecule has 1 aromatic carbocycles. The SMILES string of the molecule is CN(CC1(O)CCOCC1)C(=O)C1COc2ccccc21. The maximum Gasteiger partial charge on any atom is 0.233 e. The van der Waals surface area contributed by atoms with Crippen LogP contribution in [0.15, 0.2) is 24.3 Å². The van der Waals surface area contributed by atoms with Crippen LogP contribution in [0.2, 0.25) is 0 Å². The van der Waals surface area contributed by atoms with Crippen molar-refractivity contribution in [3.8, 4) is 5.75 Å². The minimum atomic E-state index is -0.832. The van der Waals surface area contributed by atoms with E-state index in [9.17, 15) is 9.90 Å². The number of benzene rings is 1. The van der Waals surface area contributed by atoms with E-state index in [-0.39, 0.29) is 11.8 Å². The fourth-order valence-electron chi connectivity index (χ4n) is 3.06. The van der Waals surface area contributed by atoms with Crippen molar-refractivity contribution in [2.75, 3.05) is 33.4 Å². The Bertz CT molecular complexity index is 525. The molecule has 3 rings (SSSR count). The molecule has 0 aliphatic carbocycles. The third-order valence-corrected chi connectivity index (χ3v) is 4.33. The maximum absolute atomic E-state index is 12.6. The number of aliphatic hydroxyl groups is 1. The van der Waals surface area contributed by atoms with E-state index in [2.05, 4.69) is 0 Å². The number of ether oxygens (including phenoxy) is 2. The lowest BCUT2D eigenvalue weighted by molar-refractivity contribution is -0.138. The first kappa shape index (κ1) is 14.4. The predicted octanol–water partition coefficient (Wildman–Crippen LogP) is 1.16. The molecule has 0 aromatic heterocycles. The van der Waals surface area contributed by atoms with Crippen molar-refractivity contribution < 1.29 is 19.4 Å². The summed E-state index contributed by atoms with van der Waals surface area (Å²) in [5.74, 6) is 0.517. The molecule has 114 valence electrons. The maximum atomic E-state index is 12.6. The molecule has 1 atom stereocenters. The van der Waals surface area contributed by atoms with E-state index in [1.54, 1.807) is 11.9 Å². The van der Waals surface area contributed by atoms with E-state index >= 15 is 0 Å². The Hall–Kier alpha value is -1.59. The molecule has 1 amide bonds. The van der Waals surface area contributed by atoms with Gasteiger partial charge < -0.3 is 19.5 Å². The molecule has 21 heavy (non-hydrogen) atoms. The molecule has 1 fully saturated rings. The summed E-state index contributed by atoms with van der Waals surface area (Å²) in [5.41, 5.74) is 0.107. The third kappa shape index (κ3) is 2.89. The normalized spacial score (nSPS) is 23.2. The Morgan fingerprint density at radius 2 is 2.10 bits per heavy atom.